The zero-order valence-corrected chi connectivity index (χ0v) is 15.0. The number of para-hydroxylation sites is 1. The smallest absolute Gasteiger partial charge is 0.308 e. The van der Waals surface area contributed by atoms with Gasteiger partial charge in [-0.2, -0.15) is 0 Å². The quantitative estimate of drug-likeness (QED) is 0.610. The molecule has 7 heteroatoms. The van der Waals surface area contributed by atoms with E-state index in [9.17, 15) is 18.4 Å². The highest BCUT2D eigenvalue weighted by Crippen LogP contribution is 2.21. The minimum atomic E-state index is -0.861. The summed E-state index contributed by atoms with van der Waals surface area (Å²) >= 11 is 0. The van der Waals surface area contributed by atoms with Crippen LogP contribution in [-0.4, -0.2) is 47.9 Å². The topological polar surface area (TPSA) is 49.9 Å². The zero-order valence-electron chi connectivity index (χ0n) is 15.0. The number of ether oxygens (including phenoxy) is 1. The second-order valence-corrected chi connectivity index (χ2v) is 6.41. The molecule has 0 aliphatic carbocycles. The summed E-state index contributed by atoms with van der Waals surface area (Å²) in [5.41, 5.74) is 1.04. The molecule has 0 unspecified atom stereocenters. The van der Waals surface area contributed by atoms with Gasteiger partial charge in [-0.15, -0.1) is 0 Å². The van der Waals surface area contributed by atoms with Crippen molar-refractivity contribution < 1.29 is 23.1 Å². The number of rotatable bonds is 4. The molecule has 142 valence electrons. The Morgan fingerprint density at radius 1 is 1.00 bits per heavy atom. The van der Waals surface area contributed by atoms with Gasteiger partial charge in [-0.05, 0) is 29.8 Å². The van der Waals surface area contributed by atoms with E-state index in [0.717, 1.165) is 6.07 Å². The fourth-order valence-electron chi connectivity index (χ4n) is 3.06. The van der Waals surface area contributed by atoms with E-state index in [0.29, 0.717) is 43.9 Å². The molecule has 0 radical (unpaired) electrons. The number of carbonyl (C=O) groups excluding carboxylic acids is 2. The van der Waals surface area contributed by atoms with E-state index in [1.807, 2.05) is 0 Å². The van der Waals surface area contributed by atoms with Crippen LogP contribution in [0.3, 0.4) is 0 Å². The van der Waals surface area contributed by atoms with Crippen molar-refractivity contribution in [1.82, 2.24) is 9.80 Å². The minimum Gasteiger partial charge on any atom is -0.426 e. The molecule has 1 saturated heterocycles. The van der Waals surface area contributed by atoms with Gasteiger partial charge < -0.3 is 9.64 Å². The summed E-state index contributed by atoms with van der Waals surface area (Å²) in [6.45, 7) is 4.00. The van der Waals surface area contributed by atoms with Gasteiger partial charge in [0.05, 0.1) is 5.56 Å². The normalized spacial score (nSPS) is 14.9. The second kappa shape index (κ2) is 8.26. The van der Waals surface area contributed by atoms with Crippen LogP contribution in [0.4, 0.5) is 8.78 Å². The molecule has 0 N–H and O–H groups in total. The summed E-state index contributed by atoms with van der Waals surface area (Å²) in [6, 6.07) is 10.5. The van der Waals surface area contributed by atoms with Crippen LogP contribution in [-0.2, 0) is 11.3 Å². The van der Waals surface area contributed by atoms with Crippen LogP contribution in [0.5, 0.6) is 5.75 Å². The fraction of sp³-hybridized carbons (Fsp3) is 0.300. The largest absolute Gasteiger partial charge is 0.426 e. The van der Waals surface area contributed by atoms with E-state index in [-0.39, 0.29) is 11.7 Å². The summed E-state index contributed by atoms with van der Waals surface area (Å²) in [5.74, 6) is -2.14. The molecule has 1 aliphatic rings. The fourth-order valence-corrected chi connectivity index (χ4v) is 3.06. The van der Waals surface area contributed by atoms with E-state index in [4.69, 9.17) is 4.74 Å². The first-order valence-corrected chi connectivity index (χ1v) is 8.67. The Morgan fingerprint density at radius 2 is 1.70 bits per heavy atom. The Labute approximate surface area is 156 Å². The van der Waals surface area contributed by atoms with Crippen molar-refractivity contribution in [2.45, 2.75) is 13.5 Å². The molecule has 1 aliphatic heterocycles. The van der Waals surface area contributed by atoms with E-state index in [1.54, 1.807) is 35.2 Å². The molecule has 2 aromatic carbocycles. The van der Waals surface area contributed by atoms with Gasteiger partial charge in [0, 0.05) is 39.6 Å². The van der Waals surface area contributed by atoms with Crippen LogP contribution >= 0.6 is 0 Å². The van der Waals surface area contributed by atoms with Crippen molar-refractivity contribution in [1.29, 1.82) is 0 Å². The number of esters is 1. The molecule has 0 aromatic heterocycles. The predicted molar refractivity (Wildman–Crippen MR) is 95.3 cm³/mol. The van der Waals surface area contributed by atoms with Crippen LogP contribution in [0.2, 0.25) is 0 Å². The van der Waals surface area contributed by atoms with Gasteiger partial charge in [-0.25, -0.2) is 8.78 Å². The number of amides is 1. The summed E-state index contributed by atoms with van der Waals surface area (Å²) in [7, 11) is 0. The molecule has 2 aromatic rings. The van der Waals surface area contributed by atoms with E-state index < -0.39 is 17.6 Å². The van der Waals surface area contributed by atoms with Gasteiger partial charge >= 0.3 is 5.97 Å². The lowest BCUT2D eigenvalue weighted by molar-refractivity contribution is -0.131. The van der Waals surface area contributed by atoms with Gasteiger partial charge in [-0.3, -0.25) is 14.5 Å². The number of benzene rings is 2. The lowest BCUT2D eigenvalue weighted by Gasteiger charge is -2.35. The third kappa shape index (κ3) is 4.68. The predicted octanol–water partition coefficient (Wildman–Crippen LogP) is 2.85. The van der Waals surface area contributed by atoms with E-state index >= 15 is 0 Å². The van der Waals surface area contributed by atoms with Gasteiger partial charge in [0.2, 0.25) is 0 Å². The molecule has 0 atom stereocenters. The van der Waals surface area contributed by atoms with Crippen LogP contribution in [0.15, 0.2) is 42.5 Å². The summed E-state index contributed by atoms with van der Waals surface area (Å²) in [5, 5.41) is 0. The molecular weight excluding hydrogens is 354 g/mol. The van der Waals surface area contributed by atoms with Crippen molar-refractivity contribution in [3.8, 4) is 5.75 Å². The molecule has 5 nitrogen and oxygen atoms in total. The molecule has 3 rings (SSSR count). The number of piperazine rings is 1. The number of halogens is 2. The molecule has 1 amide bonds. The Hall–Kier alpha value is -2.80. The summed E-state index contributed by atoms with van der Waals surface area (Å²) < 4.78 is 31.5. The maximum atomic E-state index is 13.3. The summed E-state index contributed by atoms with van der Waals surface area (Å²) in [6.07, 6.45) is 0. The van der Waals surface area contributed by atoms with Crippen LogP contribution in [0.25, 0.3) is 0 Å². The third-order valence-corrected chi connectivity index (χ3v) is 4.42. The third-order valence-electron chi connectivity index (χ3n) is 4.42. The monoisotopic (exact) mass is 374 g/mol. The first-order chi connectivity index (χ1) is 12.9. The Balaban J connectivity index is 1.61. The molecule has 0 saturated carbocycles. The Bertz CT molecular complexity index is 849. The zero-order chi connectivity index (χ0) is 19.4. The van der Waals surface area contributed by atoms with Crippen molar-refractivity contribution >= 4 is 11.9 Å². The van der Waals surface area contributed by atoms with Crippen molar-refractivity contribution in [2.75, 3.05) is 26.2 Å². The molecule has 27 heavy (non-hydrogen) atoms. The number of hydrogen-bond donors (Lipinski definition) is 0. The van der Waals surface area contributed by atoms with Gasteiger partial charge in [-0.1, -0.05) is 18.2 Å². The molecule has 1 heterocycles. The minimum absolute atomic E-state index is 0.195. The molecule has 1 fully saturated rings. The highest BCUT2D eigenvalue weighted by atomic mass is 19.2. The van der Waals surface area contributed by atoms with Crippen molar-refractivity contribution in [3.63, 3.8) is 0 Å². The molecule has 0 spiro atoms. The maximum absolute atomic E-state index is 13.3. The maximum Gasteiger partial charge on any atom is 0.308 e. The van der Waals surface area contributed by atoms with Crippen LogP contribution in [0, 0.1) is 11.6 Å². The van der Waals surface area contributed by atoms with Crippen LogP contribution in [0.1, 0.15) is 22.8 Å². The average molecular weight is 374 g/mol. The highest BCUT2D eigenvalue weighted by Gasteiger charge is 2.24. The van der Waals surface area contributed by atoms with Gasteiger partial charge in [0.1, 0.15) is 5.75 Å². The average Bonchev–Trinajstić information content (AvgIpc) is 2.65. The second-order valence-electron chi connectivity index (χ2n) is 6.41. The lowest BCUT2D eigenvalue weighted by atomic mass is 10.1. The number of hydrogen-bond acceptors (Lipinski definition) is 4. The van der Waals surface area contributed by atoms with Crippen molar-refractivity contribution in [3.05, 3.63) is 65.2 Å². The van der Waals surface area contributed by atoms with Gasteiger partial charge in [0.15, 0.2) is 11.6 Å². The highest BCUT2D eigenvalue weighted by molar-refractivity contribution is 5.97. The van der Waals surface area contributed by atoms with Crippen molar-refractivity contribution in [2.24, 2.45) is 0 Å². The SMILES string of the molecule is CC(=O)Oc1ccccc1C(=O)N1CCN(Cc2ccc(F)c(F)c2)CC1. The standard InChI is InChI=1S/C20H20F2N2O3/c1-14(25)27-19-5-3-2-4-16(19)20(26)24-10-8-23(9-11-24)13-15-6-7-17(21)18(22)12-15/h2-7,12H,8-11,13H2,1H3. The first-order valence-electron chi connectivity index (χ1n) is 8.67. The van der Waals surface area contributed by atoms with Gasteiger partial charge in [0.25, 0.3) is 5.91 Å². The summed E-state index contributed by atoms with van der Waals surface area (Å²) in [4.78, 5) is 27.8. The van der Waals surface area contributed by atoms with E-state index in [1.165, 1.54) is 13.0 Å². The first kappa shape index (κ1) is 19.0. The Kier molecular flexibility index (Phi) is 5.81. The molecular formula is C20H20F2N2O3. The number of carbonyl (C=O) groups is 2. The van der Waals surface area contributed by atoms with E-state index in [2.05, 4.69) is 4.90 Å². The number of nitrogens with zero attached hydrogens (tertiary/aromatic N) is 2. The van der Waals surface area contributed by atoms with Crippen LogP contribution < -0.4 is 4.74 Å². The Morgan fingerprint density at radius 3 is 2.37 bits per heavy atom. The lowest BCUT2D eigenvalue weighted by Crippen LogP contribution is -2.48. The molecule has 0 bridgehead atoms.